The number of hydrogen-bond donors (Lipinski definition) is 3. The van der Waals surface area contributed by atoms with Crippen molar-refractivity contribution >= 4 is 11.4 Å². The van der Waals surface area contributed by atoms with E-state index >= 15 is 0 Å². The number of nitrogens with one attached hydrogen (secondary N) is 1. The number of ether oxygens (including phenoxy) is 1. The lowest BCUT2D eigenvalue weighted by molar-refractivity contribution is 0.0382. The molecule has 5 nitrogen and oxygen atoms in total. The van der Waals surface area contributed by atoms with Crippen molar-refractivity contribution in [2.24, 2.45) is 0 Å². The Bertz CT molecular complexity index is 448. The number of nitrogens with two attached hydrogens (primary N) is 1. The summed E-state index contributed by atoms with van der Waals surface area (Å²) in [5.74, 6) is 0. The molecule has 1 unspecified atom stereocenters. The molecular weight excluding hydrogens is 218 g/mol. The topological polar surface area (TPSA) is 91.3 Å². The third kappa shape index (κ3) is 2.67. The lowest BCUT2D eigenvalue weighted by atomic mass is 10.0. The summed E-state index contributed by atoms with van der Waals surface area (Å²) in [6, 6.07) is 7.06. The monoisotopic (exact) mass is 233 g/mol. The van der Waals surface area contributed by atoms with Crippen LogP contribution in [0.2, 0.25) is 0 Å². The highest BCUT2D eigenvalue weighted by Gasteiger charge is 2.31. The van der Waals surface area contributed by atoms with Gasteiger partial charge in [-0.15, -0.1) is 0 Å². The Kier molecular flexibility index (Phi) is 3.18. The van der Waals surface area contributed by atoms with Crippen LogP contribution in [0.5, 0.6) is 0 Å². The van der Waals surface area contributed by atoms with Gasteiger partial charge in [-0.25, -0.2) is 0 Å². The minimum Gasteiger partial charge on any atom is -0.397 e. The van der Waals surface area contributed by atoms with Crippen LogP contribution >= 0.6 is 0 Å². The summed E-state index contributed by atoms with van der Waals surface area (Å²) in [4.78, 5) is 0. The van der Waals surface area contributed by atoms with Crippen molar-refractivity contribution in [1.82, 2.24) is 0 Å². The van der Waals surface area contributed by atoms with E-state index in [1.165, 1.54) is 0 Å². The zero-order valence-corrected chi connectivity index (χ0v) is 9.44. The molecule has 1 aliphatic heterocycles. The van der Waals surface area contributed by atoms with Crippen molar-refractivity contribution in [3.8, 4) is 6.07 Å². The molecule has 0 saturated carbocycles. The van der Waals surface area contributed by atoms with Crippen LogP contribution in [-0.4, -0.2) is 30.5 Å². The third-order valence-electron chi connectivity index (χ3n) is 2.87. The Morgan fingerprint density at radius 2 is 2.41 bits per heavy atom. The number of hydrogen-bond acceptors (Lipinski definition) is 5. The summed E-state index contributed by atoms with van der Waals surface area (Å²) >= 11 is 0. The van der Waals surface area contributed by atoms with E-state index in [1.807, 2.05) is 6.07 Å². The Morgan fingerprint density at radius 3 is 3.00 bits per heavy atom. The fraction of sp³-hybridized carbons (Fsp3) is 0.417. The van der Waals surface area contributed by atoms with E-state index in [0.29, 0.717) is 37.4 Å². The van der Waals surface area contributed by atoms with Crippen LogP contribution in [0.3, 0.4) is 0 Å². The fourth-order valence-electron chi connectivity index (χ4n) is 1.79. The zero-order valence-electron chi connectivity index (χ0n) is 9.44. The first-order chi connectivity index (χ1) is 8.13. The number of aliphatic hydroxyl groups is 1. The molecule has 0 aliphatic carbocycles. The maximum Gasteiger partial charge on any atom is 0.107 e. The predicted molar refractivity (Wildman–Crippen MR) is 64.4 cm³/mol. The molecule has 17 heavy (non-hydrogen) atoms. The number of rotatable bonds is 3. The summed E-state index contributed by atoms with van der Waals surface area (Å²) in [6.07, 6.45) is 0.621. The molecule has 0 amide bonds. The van der Waals surface area contributed by atoms with Crippen LogP contribution in [0.1, 0.15) is 12.0 Å². The van der Waals surface area contributed by atoms with Crippen molar-refractivity contribution in [1.29, 1.82) is 5.26 Å². The van der Waals surface area contributed by atoms with Gasteiger partial charge in [-0.3, -0.25) is 0 Å². The van der Waals surface area contributed by atoms with E-state index in [4.69, 9.17) is 15.7 Å². The molecule has 4 N–H and O–H groups in total. The Morgan fingerprint density at radius 1 is 1.59 bits per heavy atom. The van der Waals surface area contributed by atoms with Gasteiger partial charge in [0.1, 0.15) is 5.60 Å². The smallest absolute Gasteiger partial charge is 0.107 e. The van der Waals surface area contributed by atoms with Gasteiger partial charge in [0.2, 0.25) is 0 Å². The number of nitriles is 1. The first kappa shape index (κ1) is 11.7. The largest absolute Gasteiger partial charge is 0.397 e. The highest BCUT2D eigenvalue weighted by Crippen LogP contribution is 2.23. The Hall–Kier alpha value is -1.77. The second kappa shape index (κ2) is 4.62. The summed E-state index contributed by atoms with van der Waals surface area (Å²) in [7, 11) is 0. The van der Waals surface area contributed by atoms with Crippen LogP contribution in [0.4, 0.5) is 11.4 Å². The zero-order chi connectivity index (χ0) is 12.3. The van der Waals surface area contributed by atoms with Gasteiger partial charge >= 0.3 is 0 Å². The molecule has 1 aromatic carbocycles. The molecule has 1 fully saturated rings. The van der Waals surface area contributed by atoms with Crippen molar-refractivity contribution < 1.29 is 9.84 Å². The van der Waals surface area contributed by atoms with Gasteiger partial charge in [-0.2, -0.15) is 5.26 Å². The average Bonchev–Trinajstić information content (AvgIpc) is 2.75. The van der Waals surface area contributed by atoms with Gasteiger partial charge in [0.25, 0.3) is 0 Å². The van der Waals surface area contributed by atoms with Crippen LogP contribution in [0.25, 0.3) is 0 Å². The summed E-state index contributed by atoms with van der Waals surface area (Å²) < 4.78 is 5.15. The summed E-state index contributed by atoms with van der Waals surface area (Å²) in [5, 5.41) is 21.9. The number of benzene rings is 1. The number of anilines is 2. The quantitative estimate of drug-likeness (QED) is 0.668. The van der Waals surface area contributed by atoms with Crippen molar-refractivity contribution in [2.45, 2.75) is 12.0 Å². The Balaban J connectivity index is 2.02. The van der Waals surface area contributed by atoms with E-state index in [-0.39, 0.29) is 0 Å². The molecule has 2 rings (SSSR count). The van der Waals surface area contributed by atoms with Crippen LogP contribution in [0.15, 0.2) is 18.2 Å². The molecular formula is C12H15N3O2. The molecule has 90 valence electrons. The van der Waals surface area contributed by atoms with Gasteiger partial charge in [0.15, 0.2) is 0 Å². The van der Waals surface area contributed by atoms with Gasteiger partial charge in [0, 0.05) is 19.6 Å². The van der Waals surface area contributed by atoms with E-state index in [1.54, 1.807) is 18.2 Å². The summed E-state index contributed by atoms with van der Waals surface area (Å²) in [6.45, 7) is 1.32. The van der Waals surface area contributed by atoms with Crippen LogP contribution in [-0.2, 0) is 4.74 Å². The maximum atomic E-state index is 10.1. The van der Waals surface area contributed by atoms with Crippen molar-refractivity contribution in [3.05, 3.63) is 23.8 Å². The van der Waals surface area contributed by atoms with Gasteiger partial charge in [-0.05, 0) is 18.2 Å². The van der Waals surface area contributed by atoms with Crippen LogP contribution in [0, 0.1) is 11.3 Å². The second-order valence-corrected chi connectivity index (χ2v) is 4.29. The molecule has 1 aromatic rings. The second-order valence-electron chi connectivity index (χ2n) is 4.29. The lowest BCUT2D eigenvalue weighted by Crippen LogP contribution is -2.37. The molecule has 1 heterocycles. The summed E-state index contributed by atoms with van der Waals surface area (Å²) in [5.41, 5.74) is 6.74. The minimum absolute atomic E-state index is 0.343. The van der Waals surface area contributed by atoms with E-state index < -0.39 is 5.60 Å². The van der Waals surface area contributed by atoms with Crippen molar-refractivity contribution in [3.63, 3.8) is 0 Å². The third-order valence-corrected chi connectivity index (χ3v) is 2.87. The molecule has 5 heteroatoms. The van der Waals surface area contributed by atoms with E-state index in [0.717, 1.165) is 5.69 Å². The Labute approximate surface area is 99.8 Å². The number of nitrogens with zero attached hydrogens (tertiary/aromatic N) is 1. The molecule has 1 atom stereocenters. The molecule has 1 saturated heterocycles. The van der Waals surface area contributed by atoms with Gasteiger partial charge in [-0.1, -0.05) is 0 Å². The molecule has 0 bridgehead atoms. The first-order valence-electron chi connectivity index (χ1n) is 5.47. The van der Waals surface area contributed by atoms with Crippen molar-refractivity contribution in [2.75, 3.05) is 30.8 Å². The molecule has 0 aromatic heterocycles. The standard InChI is InChI=1S/C12H15N3O2/c13-6-9-1-2-11(10(14)5-9)15-7-12(16)3-4-17-8-12/h1-2,5,15-16H,3-4,7-8,14H2. The van der Waals surface area contributed by atoms with E-state index in [9.17, 15) is 5.11 Å². The van der Waals surface area contributed by atoms with Gasteiger partial charge < -0.3 is 20.9 Å². The van der Waals surface area contributed by atoms with Crippen LogP contribution < -0.4 is 11.1 Å². The fourth-order valence-corrected chi connectivity index (χ4v) is 1.79. The molecule has 1 aliphatic rings. The lowest BCUT2D eigenvalue weighted by Gasteiger charge is -2.22. The van der Waals surface area contributed by atoms with E-state index in [2.05, 4.69) is 5.32 Å². The minimum atomic E-state index is -0.819. The van der Waals surface area contributed by atoms with Gasteiger partial charge in [0.05, 0.1) is 29.6 Å². The highest BCUT2D eigenvalue weighted by molar-refractivity contribution is 5.68. The SMILES string of the molecule is N#Cc1ccc(NCC2(O)CCOC2)c(N)c1. The average molecular weight is 233 g/mol. The molecule has 0 radical (unpaired) electrons. The predicted octanol–water partition coefficient (Wildman–Crippen LogP) is 0.704. The first-order valence-corrected chi connectivity index (χ1v) is 5.47. The number of nitrogen functional groups attached to an aromatic ring is 1. The maximum absolute atomic E-state index is 10.1. The normalized spacial score (nSPS) is 23.3. The highest BCUT2D eigenvalue weighted by atomic mass is 16.5. The molecule has 0 spiro atoms.